The number of hydrogen-bond donors (Lipinski definition) is 1. The number of nitrogens with zero attached hydrogens (tertiary/aromatic N) is 2. The van der Waals surface area contributed by atoms with Crippen LogP contribution in [0.5, 0.6) is 5.75 Å². The molecular weight excluding hydrogens is 426 g/mol. The van der Waals surface area contributed by atoms with Crippen molar-refractivity contribution in [3.63, 3.8) is 0 Å². The Bertz CT molecular complexity index is 1160. The molecular formula is C24H27N3O4S. The van der Waals surface area contributed by atoms with E-state index in [0.29, 0.717) is 23.5 Å². The van der Waals surface area contributed by atoms with Crippen LogP contribution in [0.1, 0.15) is 15.9 Å². The normalized spacial score (nSPS) is 11.0. The van der Waals surface area contributed by atoms with Gasteiger partial charge >= 0.3 is 0 Å². The number of carbonyl (C=O) groups excluding carboxylic acids is 1. The molecule has 168 valence electrons. The summed E-state index contributed by atoms with van der Waals surface area (Å²) in [5.74, 6) is 0.351. The Morgan fingerprint density at radius 1 is 0.844 bits per heavy atom. The molecule has 0 aliphatic rings. The van der Waals surface area contributed by atoms with Crippen molar-refractivity contribution in [2.24, 2.45) is 0 Å². The molecule has 0 radical (unpaired) electrons. The van der Waals surface area contributed by atoms with Gasteiger partial charge in [0, 0.05) is 38.9 Å². The van der Waals surface area contributed by atoms with E-state index in [1.54, 1.807) is 36.4 Å². The maximum atomic E-state index is 12.9. The zero-order chi connectivity index (χ0) is 23.3. The minimum Gasteiger partial charge on any atom is -0.497 e. The van der Waals surface area contributed by atoms with Gasteiger partial charge < -0.3 is 15.0 Å². The number of anilines is 2. The van der Waals surface area contributed by atoms with Gasteiger partial charge in [0.25, 0.3) is 15.9 Å². The van der Waals surface area contributed by atoms with Gasteiger partial charge in [-0.15, -0.1) is 0 Å². The second kappa shape index (κ2) is 9.74. The van der Waals surface area contributed by atoms with Crippen LogP contribution >= 0.6 is 0 Å². The Morgan fingerprint density at radius 2 is 1.41 bits per heavy atom. The number of ether oxygens (including phenoxy) is 1. The van der Waals surface area contributed by atoms with Crippen LogP contribution in [-0.4, -0.2) is 42.6 Å². The van der Waals surface area contributed by atoms with Crippen LogP contribution in [0.15, 0.2) is 77.7 Å². The summed E-state index contributed by atoms with van der Waals surface area (Å²) >= 11 is 0. The number of carbonyl (C=O) groups is 1. The molecule has 0 fully saturated rings. The van der Waals surface area contributed by atoms with Gasteiger partial charge in [0.05, 0.1) is 17.7 Å². The van der Waals surface area contributed by atoms with E-state index in [9.17, 15) is 13.2 Å². The molecule has 32 heavy (non-hydrogen) atoms. The quantitative estimate of drug-likeness (QED) is 0.565. The molecule has 8 heteroatoms. The molecule has 0 bridgehead atoms. The summed E-state index contributed by atoms with van der Waals surface area (Å²) in [7, 11) is 3.21. The highest BCUT2D eigenvalue weighted by Gasteiger charge is 2.21. The van der Waals surface area contributed by atoms with E-state index < -0.39 is 10.0 Å². The molecule has 0 saturated heterocycles. The molecule has 0 aliphatic heterocycles. The summed E-state index contributed by atoms with van der Waals surface area (Å²) < 4.78 is 32.0. The van der Waals surface area contributed by atoms with Gasteiger partial charge in [0.1, 0.15) is 5.75 Å². The van der Waals surface area contributed by atoms with Gasteiger partial charge in [-0.25, -0.2) is 8.42 Å². The van der Waals surface area contributed by atoms with Crippen molar-refractivity contribution in [2.45, 2.75) is 11.4 Å². The largest absolute Gasteiger partial charge is 0.497 e. The zero-order valence-electron chi connectivity index (χ0n) is 18.6. The molecule has 0 heterocycles. The molecule has 0 spiro atoms. The lowest BCUT2D eigenvalue weighted by Gasteiger charge is -2.20. The summed E-state index contributed by atoms with van der Waals surface area (Å²) in [6.07, 6.45) is 0. The lowest BCUT2D eigenvalue weighted by molar-refractivity contribution is 0.0951. The summed E-state index contributed by atoms with van der Waals surface area (Å²) in [5, 5.41) is 2.88. The summed E-state index contributed by atoms with van der Waals surface area (Å²) in [6.45, 7) is 0.403. The van der Waals surface area contributed by atoms with Crippen LogP contribution in [0.3, 0.4) is 0 Å². The molecule has 3 aromatic carbocycles. The Hall–Kier alpha value is -3.52. The molecule has 1 amide bonds. The van der Waals surface area contributed by atoms with Gasteiger partial charge in [-0.1, -0.05) is 12.1 Å². The van der Waals surface area contributed by atoms with Crippen molar-refractivity contribution in [1.82, 2.24) is 5.32 Å². The molecule has 0 unspecified atom stereocenters. The molecule has 0 atom stereocenters. The molecule has 0 aromatic heterocycles. The van der Waals surface area contributed by atoms with Crippen LogP contribution in [0.2, 0.25) is 0 Å². The fourth-order valence-electron chi connectivity index (χ4n) is 3.06. The molecule has 0 saturated carbocycles. The van der Waals surface area contributed by atoms with Crippen molar-refractivity contribution in [3.8, 4) is 5.75 Å². The average Bonchev–Trinajstić information content (AvgIpc) is 2.82. The van der Waals surface area contributed by atoms with Gasteiger partial charge in [-0.3, -0.25) is 9.10 Å². The van der Waals surface area contributed by atoms with Crippen LogP contribution in [-0.2, 0) is 16.6 Å². The number of amides is 1. The minimum absolute atomic E-state index is 0.155. The summed E-state index contributed by atoms with van der Waals surface area (Å²) in [6, 6.07) is 20.6. The highest BCUT2D eigenvalue weighted by Crippen LogP contribution is 2.24. The molecule has 3 aromatic rings. The van der Waals surface area contributed by atoms with Crippen molar-refractivity contribution in [3.05, 3.63) is 83.9 Å². The third-order valence-corrected chi connectivity index (χ3v) is 6.92. The molecule has 0 aliphatic carbocycles. The van der Waals surface area contributed by atoms with Crippen LogP contribution < -0.4 is 19.3 Å². The zero-order valence-corrected chi connectivity index (χ0v) is 19.4. The van der Waals surface area contributed by atoms with Crippen molar-refractivity contribution >= 4 is 27.3 Å². The highest BCUT2D eigenvalue weighted by atomic mass is 32.2. The fourth-order valence-corrected chi connectivity index (χ4v) is 4.26. The Labute approximate surface area is 189 Å². The summed E-state index contributed by atoms with van der Waals surface area (Å²) in [4.78, 5) is 14.7. The Morgan fingerprint density at radius 3 is 1.94 bits per heavy atom. The standard InChI is InChI=1S/C24H27N3O4S/c1-26(2)20-9-5-18(6-10-20)17-25-24(28)19-7-11-21(12-8-19)27(3)32(29,30)23-15-13-22(31-4)14-16-23/h5-16H,17H2,1-4H3,(H,25,28). The van der Waals surface area contributed by atoms with Crippen LogP contribution in [0, 0.1) is 0 Å². The fraction of sp³-hybridized carbons (Fsp3) is 0.208. The number of nitrogens with one attached hydrogen (secondary N) is 1. The monoisotopic (exact) mass is 453 g/mol. The number of hydrogen-bond acceptors (Lipinski definition) is 5. The molecule has 3 rings (SSSR count). The van der Waals surface area contributed by atoms with E-state index >= 15 is 0 Å². The third-order valence-electron chi connectivity index (χ3n) is 5.12. The third kappa shape index (κ3) is 5.20. The number of methoxy groups -OCH3 is 1. The van der Waals surface area contributed by atoms with Gasteiger partial charge in [-0.05, 0) is 66.2 Å². The number of sulfonamides is 1. The first-order valence-corrected chi connectivity index (χ1v) is 11.4. The van der Waals surface area contributed by atoms with Crippen molar-refractivity contribution < 1.29 is 17.9 Å². The Kier molecular flexibility index (Phi) is 7.05. The lowest BCUT2D eigenvalue weighted by atomic mass is 10.1. The van der Waals surface area contributed by atoms with Crippen LogP contribution in [0.25, 0.3) is 0 Å². The second-order valence-electron chi connectivity index (χ2n) is 7.44. The average molecular weight is 454 g/mol. The van der Waals surface area contributed by atoms with Crippen molar-refractivity contribution in [2.75, 3.05) is 37.5 Å². The number of benzene rings is 3. The van der Waals surface area contributed by atoms with E-state index in [1.165, 1.54) is 30.6 Å². The SMILES string of the molecule is COc1ccc(S(=O)(=O)N(C)c2ccc(C(=O)NCc3ccc(N(C)C)cc3)cc2)cc1. The van der Waals surface area contributed by atoms with Gasteiger partial charge in [0.15, 0.2) is 0 Å². The predicted molar refractivity (Wildman–Crippen MR) is 127 cm³/mol. The lowest BCUT2D eigenvalue weighted by Crippen LogP contribution is -2.27. The predicted octanol–water partition coefficient (Wildman–Crippen LogP) is 3.52. The van der Waals surface area contributed by atoms with Crippen molar-refractivity contribution in [1.29, 1.82) is 0 Å². The van der Waals surface area contributed by atoms with Gasteiger partial charge in [0.2, 0.25) is 0 Å². The first kappa shape index (κ1) is 23.1. The van der Waals surface area contributed by atoms with Gasteiger partial charge in [-0.2, -0.15) is 0 Å². The van der Waals surface area contributed by atoms with E-state index in [-0.39, 0.29) is 10.8 Å². The van der Waals surface area contributed by atoms with E-state index in [2.05, 4.69) is 5.32 Å². The smallest absolute Gasteiger partial charge is 0.264 e. The summed E-state index contributed by atoms with van der Waals surface area (Å²) in [5.41, 5.74) is 2.99. The first-order valence-electron chi connectivity index (χ1n) is 10.00. The maximum Gasteiger partial charge on any atom is 0.264 e. The maximum absolute atomic E-state index is 12.9. The highest BCUT2D eigenvalue weighted by molar-refractivity contribution is 7.92. The Balaban J connectivity index is 1.65. The molecule has 7 nitrogen and oxygen atoms in total. The number of rotatable bonds is 8. The van der Waals surface area contributed by atoms with Crippen LogP contribution in [0.4, 0.5) is 11.4 Å². The van der Waals surface area contributed by atoms with E-state index in [4.69, 9.17) is 4.74 Å². The van der Waals surface area contributed by atoms with E-state index in [0.717, 1.165) is 11.3 Å². The molecule has 1 N–H and O–H groups in total. The first-order chi connectivity index (χ1) is 15.2. The van der Waals surface area contributed by atoms with E-state index in [1.807, 2.05) is 43.3 Å². The topological polar surface area (TPSA) is 79.0 Å². The minimum atomic E-state index is -3.73. The second-order valence-corrected chi connectivity index (χ2v) is 9.41.